The van der Waals surface area contributed by atoms with Crippen molar-refractivity contribution in [1.29, 1.82) is 5.26 Å². The minimum Gasteiger partial charge on any atom is -0.490 e. The van der Waals surface area contributed by atoms with Gasteiger partial charge in [-0.2, -0.15) is 5.26 Å². The first-order chi connectivity index (χ1) is 22.6. The number of hydrogen-bond donors (Lipinski definition) is 1. The number of rotatable bonds is 14. The summed E-state index contributed by atoms with van der Waals surface area (Å²) in [6.07, 6.45) is 0. The van der Waals surface area contributed by atoms with Crippen LogP contribution in [0.5, 0.6) is 5.75 Å². The zero-order valence-electron chi connectivity index (χ0n) is 26.2. The third-order valence-electron chi connectivity index (χ3n) is 6.28. The zero-order chi connectivity index (χ0) is 33.9. The number of aromatic nitrogens is 2. The summed E-state index contributed by atoms with van der Waals surface area (Å²) in [5.41, 5.74) is 2.92. The number of nitrogens with zero attached hydrogens (tertiary/aromatic N) is 6. The number of anilines is 1. The van der Waals surface area contributed by atoms with Crippen molar-refractivity contribution in [1.82, 2.24) is 19.8 Å². The van der Waals surface area contributed by atoms with Crippen LogP contribution in [0.3, 0.4) is 0 Å². The molecule has 0 spiro atoms. The maximum absolute atomic E-state index is 12.8. The van der Waals surface area contributed by atoms with Crippen LogP contribution in [-0.2, 0) is 20.1 Å². The molecule has 0 aliphatic rings. The van der Waals surface area contributed by atoms with Crippen LogP contribution in [0, 0.1) is 17.9 Å². The molecule has 2 aromatic heterocycles. The van der Waals surface area contributed by atoms with Crippen LogP contribution in [0.4, 0.5) is 11.5 Å². The van der Waals surface area contributed by atoms with E-state index in [0.29, 0.717) is 32.7 Å². The van der Waals surface area contributed by atoms with Crippen molar-refractivity contribution in [2.75, 3.05) is 59.8 Å². The van der Waals surface area contributed by atoms with Crippen LogP contribution >= 0.6 is 34.7 Å². The predicted molar refractivity (Wildman–Crippen MR) is 185 cm³/mol. The number of ether oxygens (including phenoxy) is 2. The zero-order valence-corrected chi connectivity index (χ0v) is 28.6. The molecule has 0 bridgehead atoms. The number of benzene rings is 2. The second-order valence-corrected chi connectivity index (χ2v) is 12.9. The number of thioether (sulfide) groups is 1. The molecular formula is C33H32ClN7O4S2. The molecule has 4 aromatic rings. The molecule has 2 aromatic carbocycles. The van der Waals surface area contributed by atoms with Crippen molar-refractivity contribution in [3.8, 4) is 33.5 Å². The Morgan fingerprint density at radius 2 is 1.70 bits per heavy atom. The first kappa shape index (κ1) is 35.4. The van der Waals surface area contributed by atoms with Crippen LogP contribution in [-0.4, -0.2) is 86.1 Å². The number of halogens is 1. The van der Waals surface area contributed by atoms with E-state index in [4.69, 9.17) is 32.6 Å². The number of amides is 1. The Hall–Kier alpha value is -4.50. The minimum absolute atomic E-state index is 0.0539. The van der Waals surface area contributed by atoms with Crippen molar-refractivity contribution in [3.05, 3.63) is 81.6 Å². The molecule has 0 unspecified atom stereocenters. The van der Waals surface area contributed by atoms with Crippen LogP contribution in [0.15, 0.2) is 58.9 Å². The van der Waals surface area contributed by atoms with E-state index in [0.717, 1.165) is 16.3 Å². The SMILES string of the molecule is [C-]#[N+]c1c(NC(=O)CN(C)C)nc(SCc2csc(-c3ccc(Cl)cc3)n2)c(C#N)c1-c1ccc(OCCOC(=O)CN(C)C)cc1. The molecule has 0 saturated heterocycles. The van der Waals surface area contributed by atoms with E-state index in [1.54, 1.807) is 62.3 Å². The molecule has 0 saturated carbocycles. The van der Waals surface area contributed by atoms with Crippen molar-refractivity contribution < 1.29 is 19.1 Å². The van der Waals surface area contributed by atoms with Gasteiger partial charge in [0.2, 0.25) is 11.6 Å². The number of esters is 1. The van der Waals surface area contributed by atoms with E-state index in [1.807, 2.05) is 29.6 Å². The number of hydrogen-bond acceptors (Lipinski definition) is 11. The van der Waals surface area contributed by atoms with Gasteiger partial charge >= 0.3 is 5.97 Å². The maximum Gasteiger partial charge on any atom is 0.320 e. The summed E-state index contributed by atoms with van der Waals surface area (Å²) in [5, 5.41) is 16.9. The Kier molecular flexibility index (Phi) is 12.7. The number of likely N-dealkylation sites (N-methyl/N-ethyl adjacent to an activating group) is 2. The number of carbonyl (C=O) groups is 2. The summed E-state index contributed by atoms with van der Waals surface area (Å²) in [4.78, 5) is 41.0. The van der Waals surface area contributed by atoms with Gasteiger partial charge in [0.05, 0.1) is 30.9 Å². The molecule has 0 fully saturated rings. The van der Waals surface area contributed by atoms with Gasteiger partial charge in [-0.25, -0.2) is 14.8 Å². The summed E-state index contributed by atoms with van der Waals surface area (Å²) in [7, 11) is 7.08. The standard InChI is InChI=1S/C33H32ClN7O4S2/c1-36-30-29(21-8-12-25(13-9-21)44-14-15-45-28(43)18-41(4)5)26(16-35)33(39-31(30)38-27(42)17-40(2)3)47-20-24-19-46-32(37-24)22-6-10-23(34)11-7-22/h6-13,19H,14-15,17-18,20H2,2-5H3,(H,38,39,42). The quantitative estimate of drug-likeness (QED) is 0.0706. The van der Waals surface area contributed by atoms with Crippen molar-refractivity contribution >= 4 is 58.1 Å². The fourth-order valence-corrected chi connectivity index (χ4v) is 6.21. The molecule has 2 heterocycles. The smallest absolute Gasteiger partial charge is 0.320 e. The molecule has 1 amide bonds. The highest BCUT2D eigenvalue weighted by Crippen LogP contribution is 2.43. The topological polar surface area (TPSA) is 125 Å². The van der Waals surface area contributed by atoms with Crippen LogP contribution in [0.2, 0.25) is 5.02 Å². The van der Waals surface area contributed by atoms with Crippen molar-refractivity contribution in [2.45, 2.75) is 10.8 Å². The predicted octanol–water partition coefficient (Wildman–Crippen LogP) is 6.22. The molecule has 0 aliphatic carbocycles. The van der Waals surface area contributed by atoms with E-state index in [-0.39, 0.29) is 55.2 Å². The second kappa shape index (κ2) is 16.9. The lowest BCUT2D eigenvalue weighted by Crippen LogP contribution is -2.27. The maximum atomic E-state index is 12.8. The van der Waals surface area contributed by atoms with E-state index >= 15 is 0 Å². The summed E-state index contributed by atoms with van der Waals surface area (Å²) in [6, 6.07) is 16.6. The van der Waals surface area contributed by atoms with Gasteiger partial charge in [0.1, 0.15) is 40.9 Å². The minimum atomic E-state index is -0.346. The first-order valence-electron chi connectivity index (χ1n) is 14.2. The normalized spacial score (nSPS) is 10.8. The highest BCUT2D eigenvalue weighted by Gasteiger charge is 2.24. The lowest BCUT2D eigenvalue weighted by atomic mass is 9.99. The van der Waals surface area contributed by atoms with E-state index in [1.165, 1.54) is 23.1 Å². The molecular weight excluding hydrogens is 658 g/mol. The first-order valence-corrected chi connectivity index (χ1v) is 16.5. The van der Waals surface area contributed by atoms with E-state index in [2.05, 4.69) is 21.2 Å². The van der Waals surface area contributed by atoms with Gasteiger partial charge in [0, 0.05) is 27.3 Å². The fraction of sp³-hybridized carbons (Fsp3) is 0.273. The Bertz CT molecular complexity index is 1800. The van der Waals surface area contributed by atoms with Gasteiger partial charge in [-0.05, 0) is 58.0 Å². The van der Waals surface area contributed by atoms with Crippen LogP contribution in [0.1, 0.15) is 11.3 Å². The van der Waals surface area contributed by atoms with Gasteiger partial charge in [-0.3, -0.25) is 14.5 Å². The third kappa shape index (κ3) is 9.99. The third-order valence-corrected chi connectivity index (χ3v) is 8.48. The Balaban J connectivity index is 1.61. The van der Waals surface area contributed by atoms with Gasteiger partial charge < -0.3 is 19.7 Å². The highest BCUT2D eigenvalue weighted by atomic mass is 35.5. The Morgan fingerprint density at radius 1 is 1.02 bits per heavy atom. The van der Waals surface area contributed by atoms with E-state index < -0.39 is 0 Å². The van der Waals surface area contributed by atoms with Crippen molar-refractivity contribution in [2.24, 2.45) is 0 Å². The molecule has 47 heavy (non-hydrogen) atoms. The average molecular weight is 690 g/mol. The second-order valence-electron chi connectivity index (χ2n) is 10.6. The number of nitrogens with one attached hydrogen (secondary N) is 1. The summed E-state index contributed by atoms with van der Waals surface area (Å²) in [6.45, 7) is 8.50. The van der Waals surface area contributed by atoms with Gasteiger partial charge in [0.25, 0.3) is 0 Å². The number of thiazole rings is 1. The highest BCUT2D eigenvalue weighted by molar-refractivity contribution is 7.98. The van der Waals surface area contributed by atoms with Gasteiger partial charge in [-0.1, -0.05) is 47.6 Å². The molecule has 11 nitrogen and oxygen atoms in total. The summed E-state index contributed by atoms with van der Waals surface area (Å²) >= 11 is 8.82. The van der Waals surface area contributed by atoms with Gasteiger partial charge in [-0.15, -0.1) is 11.3 Å². The lowest BCUT2D eigenvalue weighted by molar-refractivity contribution is -0.145. The molecule has 1 N–H and O–H groups in total. The summed E-state index contributed by atoms with van der Waals surface area (Å²) < 4.78 is 10.9. The monoisotopic (exact) mass is 689 g/mol. The van der Waals surface area contributed by atoms with Crippen LogP contribution in [0.25, 0.3) is 26.5 Å². The Labute approximate surface area is 286 Å². The lowest BCUT2D eigenvalue weighted by Gasteiger charge is -2.17. The number of pyridine rings is 1. The summed E-state index contributed by atoms with van der Waals surface area (Å²) in [5.74, 6) is 0.300. The fourth-order valence-electron chi connectivity index (χ4n) is 4.28. The Morgan fingerprint density at radius 3 is 2.34 bits per heavy atom. The number of nitriles is 1. The van der Waals surface area contributed by atoms with E-state index in [9.17, 15) is 14.9 Å². The molecule has 14 heteroatoms. The van der Waals surface area contributed by atoms with Gasteiger partial charge in [0.15, 0.2) is 0 Å². The van der Waals surface area contributed by atoms with Crippen molar-refractivity contribution in [3.63, 3.8) is 0 Å². The number of carbonyl (C=O) groups excluding carboxylic acids is 2. The largest absolute Gasteiger partial charge is 0.490 e. The average Bonchev–Trinajstić information content (AvgIpc) is 3.50. The molecule has 0 radical (unpaired) electrons. The van der Waals surface area contributed by atoms with Crippen LogP contribution < -0.4 is 10.1 Å². The molecule has 0 aliphatic heterocycles. The molecule has 4 rings (SSSR count). The molecule has 0 atom stereocenters. The molecule has 242 valence electrons.